The molecule has 0 aliphatic heterocycles. The van der Waals surface area contributed by atoms with Crippen LogP contribution in [0.25, 0.3) is 0 Å². The number of benzene rings is 2. The molecule has 0 amide bonds. The monoisotopic (exact) mass is 557 g/mol. The summed E-state index contributed by atoms with van der Waals surface area (Å²) in [4.78, 5) is 14.5. The summed E-state index contributed by atoms with van der Waals surface area (Å²) >= 11 is 0. The molecule has 2 aromatic rings. The van der Waals surface area contributed by atoms with Crippen molar-refractivity contribution in [1.29, 1.82) is 0 Å². The van der Waals surface area contributed by atoms with Gasteiger partial charge in [0.1, 0.15) is 0 Å². The summed E-state index contributed by atoms with van der Waals surface area (Å²) in [5.41, 5.74) is 0.0836. The molecule has 0 saturated heterocycles. The molecule has 0 bridgehead atoms. The van der Waals surface area contributed by atoms with Crippen LogP contribution in [0.3, 0.4) is 0 Å². The number of hydrogen-bond donors (Lipinski definition) is 0. The number of carbonyl (C=O) groups excluding carboxylic acids is 1. The predicted molar refractivity (Wildman–Crippen MR) is 138 cm³/mol. The standard InChI is InChI=1S/C30H37F6NO2/c1-4-39-28(38)18-22-7-14-27(26(17-22)23-8-12-25(13-9-23)30(34,35)36)37(16-15-20(2)3)19-21-5-10-24(11-6-21)29(31,32)33/h5-6,8-13,20,22,26-27H,4,7,14-19H2,1-3H3/t22-,26-,27-/m1/s1. The van der Waals surface area contributed by atoms with Gasteiger partial charge in [0, 0.05) is 19.0 Å². The molecule has 2 aromatic carbocycles. The largest absolute Gasteiger partial charge is 0.466 e. The Balaban J connectivity index is 1.91. The van der Waals surface area contributed by atoms with E-state index in [4.69, 9.17) is 4.74 Å². The molecule has 3 nitrogen and oxygen atoms in total. The van der Waals surface area contributed by atoms with E-state index in [1.807, 2.05) is 0 Å². The molecule has 216 valence electrons. The maximum atomic E-state index is 13.2. The van der Waals surface area contributed by atoms with Crippen LogP contribution in [-0.4, -0.2) is 30.1 Å². The maximum absolute atomic E-state index is 13.2. The quantitative estimate of drug-likeness (QED) is 0.217. The molecule has 0 heterocycles. The Hall–Kier alpha value is -2.55. The number of nitrogens with zero attached hydrogens (tertiary/aromatic N) is 1. The second-order valence-corrected chi connectivity index (χ2v) is 10.8. The highest BCUT2D eigenvalue weighted by Crippen LogP contribution is 2.42. The van der Waals surface area contributed by atoms with Crippen molar-refractivity contribution in [2.75, 3.05) is 13.2 Å². The van der Waals surface area contributed by atoms with E-state index < -0.39 is 23.5 Å². The van der Waals surface area contributed by atoms with Gasteiger partial charge in [-0.05, 0) is 92.3 Å². The summed E-state index contributed by atoms with van der Waals surface area (Å²) in [6, 6.07) is 10.3. The molecule has 0 radical (unpaired) electrons. The van der Waals surface area contributed by atoms with Crippen LogP contribution in [0.5, 0.6) is 0 Å². The van der Waals surface area contributed by atoms with E-state index in [0.717, 1.165) is 48.2 Å². The van der Waals surface area contributed by atoms with Crippen LogP contribution in [0.15, 0.2) is 48.5 Å². The van der Waals surface area contributed by atoms with Gasteiger partial charge in [-0.3, -0.25) is 9.69 Å². The van der Waals surface area contributed by atoms with E-state index >= 15 is 0 Å². The molecule has 1 saturated carbocycles. The highest BCUT2D eigenvalue weighted by molar-refractivity contribution is 5.69. The number of alkyl halides is 6. The van der Waals surface area contributed by atoms with Crippen LogP contribution in [0, 0.1) is 11.8 Å². The van der Waals surface area contributed by atoms with Crippen molar-refractivity contribution in [3.63, 3.8) is 0 Å². The Kier molecular flexibility index (Phi) is 10.5. The van der Waals surface area contributed by atoms with Crippen molar-refractivity contribution in [3.05, 3.63) is 70.8 Å². The van der Waals surface area contributed by atoms with Crippen LogP contribution in [-0.2, 0) is 28.4 Å². The molecule has 3 atom stereocenters. The lowest BCUT2D eigenvalue weighted by Gasteiger charge is -2.43. The number of ether oxygens (including phenoxy) is 1. The van der Waals surface area contributed by atoms with E-state index in [1.54, 1.807) is 6.92 Å². The number of esters is 1. The second kappa shape index (κ2) is 13.2. The first-order chi connectivity index (χ1) is 18.3. The topological polar surface area (TPSA) is 29.5 Å². The van der Waals surface area contributed by atoms with Crippen molar-refractivity contribution < 1.29 is 35.9 Å². The van der Waals surface area contributed by atoms with Crippen molar-refractivity contribution >= 4 is 5.97 Å². The fraction of sp³-hybridized carbons (Fsp3) is 0.567. The summed E-state index contributed by atoms with van der Waals surface area (Å²) in [6.45, 7) is 7.35. The summed E-state index contributed by atoms with van der Waals surface area (Å²) in [5, 5.41) is 0. The minimum Gasteiger partial charge on any atom is -0.466 e. The normalized spacial score (nSPS) is 20.4. The molecule has 1 aliphatic rings. The average molecular weight is 558 g/mol. The van der Waals surface area contributed by atoms with Crippen molar-refractivity contribution in [1.82, 2.24) is 4.90 Å². The molecule has 0 N–H and O–H groups in total. The number of hydrogen-bond acceptors (Lipinski definition) is 3. The minimum absolute atomic E-state index is 0.0330. The highest BCUT2D eigenvalue weighted by Gasteiger charge is 2.37. The predicted octanol–water partition coefficient (Wildman–Crippen LogP) is 8.48. The average Bonchev–Trinajstić information content (AvgIpc) is 2.86. The fourth-order valence-electron chi connectivity index (χ4n) is 5.42. The van der Waals surface area contributed by atoms with Crippen LogP contribution in [0.1, 0.15) is 81.0 Å². The van der Waals surface area contributed by atoms with Gasteiger partial charge in [0.2, 0.25) is 0 Å². The Bertz CT molecular complexity index is 1050. The van der Waals surface area contributed by atoms with E-state index in [0.29, 0.717) is 31.8 Å². The second-order valence-electron chi connectivity index (χ2n) is 10.8. The van der Waals surface area contributed by atoms with Crippen molar-refractivity contribution in [2.24, 2.45) is 11.8 Å². The number of carbonyl (C=O) groups is 1. The first kappa shape index (κ1) is 31.0. The van der Waals surface area contributed by atoms with Gasteiger partial charge in [-0.15, -0.1) is 0 Å². The third-order valence-electron chi connectivity index (χ3n) is 7.48. The zero-order valence-electron chi connectivity index (χ0n) is 22.6. The van der Waals surface area contributed by atoms with Crippen LogP contribution < -0.4 is 0 Å². The summed E-state index contributed by atoms with van der Waals surface area (Å²) < 4.78 is 84.1. The van der Waals surface area contributed by atoms with Crippen LogP contribution in [0.2, 0.25) is 0 Å². The molecule has 3 rings (SSSR count). The smallest absolute Gasteiger partial charge is 0.416 e. The van der Waals surface area contributed by atoms with Gasteiger partial charge in [-0.2, -0.15) is 26.3 Å². The van der Waals surface area contributed by atoms with Gasteiger partial charge in [0.05, 0.1) is 17.7 Å². The fourth-order valence-corrected chi connectivity index (χ4v) is 5.42. The van der Waals surface area contributed by atoms with E-state index in [1.165, 1.54) is 24.3 Å². The van der Waals surface area contributed by atoms with Gasteiger partial charge in [0.25, 0.3) is 0 Å². The third kappa shape index (κ3) is 8.98. The number of halogens is 6. The molecule has 39 heavy (non-hydrogen) atoms. The van der Waals surface area contributed by atoms with Gasteiger partial charge >= 0.3 is 18.3 Å². The van der Waals surface area contributed by atoms with Crippen molar-refractivity contribution in [3.8, 4) is 0 Å². The Morgan fingerprint density at radius 1 is 0.923 bits per heavy atom. The van der Waals surface area contributed by atoms with Gasteiger partial charge < -0.3 is 4.74 Å². The van der Waals surface area contributed by atoms with Crippen molar-refractivity contribution in [2.45, 2.75) is 83.7 Å². The van der Waals surface area contributed by atoms with Crippen LogP contribution in [0.4, 0.5) is 26.3 Å². The lowest BCUT2D eigenvalue weighted by molar-refractivity contribution is -0.144. The summed E-state index contributed by atoms with van der Waals surface area (Å²) in [7, 11) is 0. The Morgan fingerprint density at radius 3 is 2.00 bits per heavy atom. The lowest BCUT2D eigenvalue weighted by atomic mass is 9.72. The zero-order chi connectivity index (χ0) is 28.8. The van der Waals surface area contributed by atoms with E-state index in [9.17, 15) is 31.1 Å². The SMILES string of the molecule is CCOC(=O)C[C@@H]1CC[C@@H](N(CCC(C)C)Cc2ccc(C(F)(F)F)cc2)[C@@H](c2ccc(C(F)(F)F)cc2)C1. The minimum atomic E-state index is -4.44. The van der Waals surface area contributed by atoms with Crippen LogP contribution >= 0.6 is 0 Å². The summed E-state index contributed by atoms with van der Waals surface area (Å²) in [5.74, 6) is 0.00555. The van der Waals surface area contributed by atoms with Gasteiger partial charge in [-0.25, -0.2) is 0 Å². The first-order valence-electron chi connectivity index (χ1n) is 13.5. The van der Waals surface area contributed by atoms with E-state index in [-0.39, 0.29) is 36.9 Å². The number of rotatable bonds is 10. The highest BCUT2D eigenvalue weighted by atomic mass is 19.4. The lowest BCUT2D eigenvalue weighted by Crippen LogP contribution is -2.43. The molecule has 0 aromatic heterocycles. The Labute approximate surface area is 226 Å². The van der Waals surface area contributed by atoms with E-state index in [2.05, 4.69) is 18.7 Å². The Morgan fingerprint density at radius 2 is 1.49 bits per heavy atom. The molecule has 0 unspecified atom stereocenters. The molecular weight excluding hydrogens is 520 g/mol. The zero-order valence-corrected chi connectivity index (χ0v) is 22.6. The maximum Gasteiger partial charge on any atom is 0.416 e. The van der Waals surface area contributed by atoms with Gasteiger partial charge in [-0.1, -0.05) is 38.1 Å². The molecule has 9 heteroatoms. The molecule has 0 spiro atoms. The first-order valence-corrected chi connectivity index (χ1v) is 13.5. The summed E-state index contributed by atoms with van der Waals surface area (Å²) in [6.07, 6.45) is -5.66. The molecule has 1 fully saturated rings. The van der Waals surface area contributed by atoms with Gasteiger partial charge in [0.15, 0.2) is 0 Å². The molecule has 1 aliphatic carbocycles. The third-order valence-corrected chi connectivity index (χ3v) is 7.48. The molecular formula is C30H37F6NO2.